The highest BCUT2D eigenvalue weighted by Gasteiger charge is 1.97. The number of hydrogen-bond acceptors (Lipinski definition) is 3. The van der Waals surface area contributed by atoms with Gasteiger partial charge in [0, 0.05) is 6.08 Å². The molecule has 1 aromatic carbocycles. The quantitative estimate of drug-likeness (QED) is 0.516. The average molecular weight is 291 g/mol. The zero-order valence-electron chi connectivity index (χ0n) is 6.48. The lowest BCUT2D eigenvalue weighted by Crippen LogP contribution is -1.83. The Kier molecular flexibility index (Phi) is 3.24. The molecule has 1 aromatic rings. The Morgan fingerprint density at radius 3 is 2.77 bits per heavy atom. The van der Waals surface area contributed by atoms with E-state index in [0.717, 1.165) is 6.20 Å². The summed E-state index contributed by atoms with van der Waals surface area (Å²) in [4.78, 5) is 9.46. The number of nitro groups is 1. The van der Waals surface area contributed by atoms with Crippen molar-refractivity contribution in [1.29, 1.82) is 0 Å². The van der Waals surface area contributed by atoms with Crippen LogP contribution in [0.4, 0.5) is 0 Å². The molecule has 0 amide bonds. The first kappa shape index (κ1) is 9.97. The molecule has 0 atom stereocenters. The molecular weight excluding hydrogens is 285 g/mol. The summed E-state index contributed by atoms with van der Waals surface area (Å²) in [5, 5.41) is 19.1. The van der Waals surface area contributed by atoms with Crippen LogP contribution in [0.25, 0.3) is 6.08 Å². The molecule has 68 valence electrons. The van der Waals surface area contributed by atoms with Crippen molar-refractivity contribution in [1.82, 2.24) is 0 Å². The van der Waals surface area contributed by atoms with Crippen LogP contribution >= 0.6 is 22.6 Å². The van der Waals surface area contributed by atoms with E-state index < -0.39 is 4.92 Å². The number of phenols is 1. The molecule has 4 nitrogen and oxygen atoms in total. The molecule has 0 aliphatic heterocycles. The van der Waals surface area contributed by atoms with Crippen LogP contribution in [-0.2, 0) is 0 Å². The van der Waals surface area contributed by atoms with Gasteiger partial charge in [0.1, 0.15) is 5.75 Å². The Morgan fingerprint density at radius 2 is 2.23 bits per heavy atom. The van der Waals surface area contributed by atoms with Crippen molar-refractivity contribution >= 4 is 28.7 Å². The van der Waals surface area contributed by atoms with Gasteiger partial charge in [-0.05, 0) is 40.3 Å². The van der Waals surface area contributed by atoms with E-state index in [1.54, 1.807) is 12.1 Å². The van der Waals surface area contributed by atoms with E-state index in [1.807, 2.05) is 22.6 Å². The topological polar surface area (TPSA) is 63.4 Å². The third-order valence-electron chi connectivity index (χ3n) is 1.36. The molecule has 0 spiro atoms. The second kappa shape index (κ2) is 4.22. The highest BCUT2D eigenvalue weighted by Crippen LogP contribution is 2.20. The van der Waals surface area contributed by atoms with Crippen molar-refractivity contribution in [2.45, 2.75) is 0 Å². The molecule has 0 aliphatic carbocycles. The van der Waals surface area contributed by atoms with Gasteiger partial charge in [-0.15, -0.1) is 0 Å². The van der Waals surface area contributed by atoms with E-state index in [2.05, 4.69) is 0 Å². The van der Waals surface area contributed by atoms with Crippen molar-refractivity contribution in [2.24, 2.45) is 0 Å². The minimum atomic E-state index is -0.528. The summed E-state index contributed by atoms with van der Waals surface area (Å²) < 4.78 is 0.670. The molecule has 13 heavy (non-hydrogen) atoms. The standard InChI is InChI=1S/C8H6INO3/c9-7-5-6(1-2-8(7)11)3-4-10(12)13/h1-5,11H/b4-3+. The maximum Gasteiger partial charge on any atom is 0.235 e. The van der Waals surface area contributed by atoms with E-state index >= 15 is 0 Å². The number of nitrogens with zero attached hydrogens (tertiary/aromatic N) is 1. The molecule has 5 heteroatoms. The molecule has 0 aromatic heterocycles. The van der Waals surface area contributed by atoms with E-state index in [0.29, 0.717) is 9.13 Å². The monoisotopic (exact) mass is 291 g/mol. The predicted octanol–water partition coefficient (Wildman–Crippen LogP) is 2.24. The summed E-state index contributed by atoms with van der Waals surface area (Å²) >= 11 is 1.95. The van der Waals surface area contributed by atoms with Crippen molar-refractivity contribution in [3.8, 4) is 5.75 Å². The van der Waals surface area contributed by atoms with E-state index in [4.69, 9.17) is 5.11 Å². The fourth-order valence-electron chi connectivity index (χ4n) is 0.774. The van der Waals surface area contributed by atoms with Gasteiger partial charge in [-0.25, -0.2) is 0 Å². The number of aromatic hydroxyl groups is 1. The zero-order valence-corrected chi connectivity index (χ0v) is 8.63. The molecular formula is C8H6INO3. The fourth-order valence-corrected chi connectivity index (χ4v) is 1.31. The molecule has 0 radical (unpaired) electrons. The lowest BCUT2D eigenvalue weighted by atomic mass is 10.2. The molecule has 1 rings (SSSR count). The second-order valence-corrected chi connectivity index (χ2v) is 3.47. The van der Waals surface area contributed by atoms with E-state index in [9.17, 15) is 10.1 Å². The highest BCUT2D eigenvalue weighted by atomic mass is 127. The van der Waals surface area contributed by atoms with Gasteiger partial charge in [0.25, 0.3) is 0 Å². The summed E-state index contributed by atoms with van der Waals surface area (Å²) in [7, 11) is 0. The van der Waals surface area contributed by atoms with E-state index in [1.165, 1.54) is 12.1 Å². The Labute approximate surface area is 88.2 Å². The van der Waals surface area contributed by atoms with Crippen LogP contribution in [0, 0.1) is 13.7 Å². The molecule has 1 N–H and O–H groups in total. The smallest absolute Gasteiger partial charge is 0.235 e. The van der Waals surface area contributed by atoms with Crippen molar-refractivity contribution in [2.75, 3.05) is 0 Å². The van der Waals surface area contributed by atoms with Gasteiger partial charge in [0.2, 0.25) is 6.20 Å². The van der Waals surface area contributed by atoms with Crippen LogP contribution in [0.3, 0.4) is 0 Å². The second-order valence-electron chi connectivity index (χ2n) is 2.31. The Bertz CT molecular complexity index is 362. The van der Waals surface area contributed by atoms with Crippen molar-refractivity contribution in [3.05, 3.63) is 43.6 Å². The van der Waals surface area contributed by atoms with Crippen LogP contribution in [0.5, 0.6) is 5.75 Å². The van der Waals surface area contributed by atoms with Gasteiger partial charge >= 0.3 is 0 Å². The van der Waals surface area contributed by atoms with Gasteiger partial charge in [0.15, 0.2) is 0 Å². The lowest BCUT2D eigenvalue weighted by molar-refractivity contribution is -0.400. The van der Waals surface area contributed by atoms with Gasteiger partial charge in [-0.2, -0.15) is 0 Å². The maximum absolute atomic E-state index is 9.99. The third-order valence-corrected chi connectivity index (χ3v) is 2.22. The lowest BCUT2D eigenvalue weighted by Gasteiger charge is -1.96. The number of halogens is 1. The predicted molar refractivity (Wildman–Crippen MR) is 56.9 cm³/mol. The average Bonchev–Trinajstić information content (AvgIpc) is 2.07. The SMILES string of the molecule is O=[N+]([O-])/C=C/c1ccc(O)c(I)c1. The van der Waals surface area contributed by atoms with Gasteiger partial charge in [-0.1, -0.05) is 6.07 Å². The first-order valence-corrected chi connectivity index (χ1v) is 4.47. The molecule has 0 saturated heterocycles. The van der Waals surface area contributed by atoms with Crippen LogP contribution in [-0.4, -0.2) is 10.0 Å². The van der Waals surface area contributed by atoms with E-state index in [-0.39, 0.29) is 5.75 Å². The van der Waals surface area contributed by atoms with Crippen LogP contribution in [0.1, 0.15) is 5.56 Å². The summed E-state index contributed by atoms with van der Waals surface area (Å²) in [5.41, 5.74) is 0.693. The minimum absolute atomic E-state index is 0.179. The largest absolute Gasteiger partial charge is 0.507 e. The van der Waals surface area contributed by atoms with Crippen molar-refractivity contribution < 1.29 is 10.0 Å². The number of hydrogen-bond donors (Lipinski definition) is 1. The van der Waals surface area contributed by atoms with Crippen molar-refractivity contribution in [3.63, 3.8) is 0 Å². The number of phenolic OH excluding ortho intramolecular Hbond substituents is 1. The summed E-state index contributed by atoms with van der Waals surface area (Å²) in [6.07, 6.45) is 2.24. The maximum atomic E-state index is 9.99. The zero-order chi connectivity index (χ0) is 9.84. The molecule has 0 heterocycles. The number of rotatable bonds is 2. The Morgan fingerprint density at radius 1 is 1.54 bits per heavy atom. The number of benzene rings is 1. The van der Waals surface area contributed by atoms with Gasteiger partial charge in [0.05, 0.1) is 8.49 Å². The molecule has 0 unspecified atom stereocenters. The van der Waals surface area contributed by atoms with Crippen LogP contribution in [0.15, 0.2) is 24.4 Å². The summed E-state index contributed by atoms with van der Waals surface area (Å²) in [6, 6.07) is 4.77. The first-order valence-electron chi connectivity index (χ1n) is 3.40. The van der Waals surface area contributed by atoms with Gasteiger partial charge < -0.3 is 5.11 Å². The Hall–Kier alpha value is -1.11. The Balaban J connectivity index is 2.92. The minimum Gasteiger partial charge on any atom is -0.507 e. The molecule has 0 bridgehead atoms. The third kappa shape index (κ3) is 3.02. The normalized spacial score (nSPS) is 10.5. The molecule has 0 aliphatic rings. The van der Waals surface area contributed by atoms with Crippen LogP contribution < -0.4 is 0 Å². The molecule has 0 fully saturated rings. The summed E-state index contributed by atoms with van der Waals surface area (Å²) in [5.74, 6) is 0.179. The van der Waals surface area contributed by atoms with Crippen LogP contribution in [0.2, 0.25) is 0 Å². The highest BCUT2D eigenvalue weighted by molar-refractivity contribution is 14.1. The fraction of sp³-hybridized carbons (Fsp3) is 0. The molecule has 0 saturated carbocycles. The first-order chi connectivity index (χ1) is 6.09. The summed E-state index contributed by atoms with van der Waals surface area (Å²) in [6.45, 7) is 0. The van der Waals surface area contributed by atoms with Gasteiger partial charge in [-0.3, -0.25) is 10.1 Å².